The highest BCUT2D eigenvalue weighted by atomic mass is 32.2. The topological polar surface area (TPSA) is 91.2 Å². The smallest absolute Gasteiger partial charge is 0.231 e. The zero-order valence-corrected chi connectivity index (χ0v) is 15.2. The summed E-state index contributed by atoms with van der Waals surface area (Å²) >= 11 is 1.53. The van der Waals surface area contributed by atoms with Crippen molar-refractivity contribution in [1.29, 1.82) is 0 Å². The summed E-state index contributed by atoms with van der Waals surface area (Å²) in [5.74, 6) is 1.94. The Morgan fingerprint density at radius 3 is 2.96 bits per heavy atom. The van der Waals surface area contributed by atoms with Crippen LogP contribution < -0.4 is 14.8 Å². The van der Waals surface area contributed by atoms with Gasteiger partial charge in [-0.15, -0.1) is 5.10 Å². The number of carbonyl (C=O) groups is 1. The molecular formula is C17H21N5O3S. The molecule has 0 atom stereocenters. The molecule has 2 heterocycles. The van der Waals surface area contributed by atoms with E-state index >= 15 is 0 Å². The van der Waals surface area contributed by atoms with E-state index in [2.05, 4.69) is 20.8 Å². The van der Waals surface area contributed by atoms with E-state index in [0.717, 1.165) is 18.0 Å². The zero-order valence-electron chi connectivity index (χ0n) is 14.4. The fourth-order valence-electron chi connectivity index (χ4n) is 3.27. The van der Waals surface area contributed by atoms with Gasteiger partial charge in [0.05, 0.1) is 6.04 Å². The summed E-state index contributed by atoms with van der Waals surface area (Å²) in [5, 5.41) is 15.8. The Kier molecular flexibility index (Phi) is 5.24. The van der Waals surface area contributed by atoms with Crippen molar-refractivity contribution in [2.45, 2.75) is 49.7 Å². The van der Waals surface area contributed by atoms with Gasteiger partial charge in [-0.1, -0.05) is 31.0 Å². The minimum Gasteiger partial charge on any atom is -0.454 e. The van der Waals surface area contributed by atoms with E-state index in [9.17, 15) is 4.79 Å². The van der Waals surface area contributed by atoms with Gasteiger partial charge in [-0.25, -0.2) is 4.68 Å². The van der Waals surface area contributed by atoms with Gasteiger partial charge in [0.1, 0.15) is 0 Å². The molecule has 1 N–H and O–H groups in total. The molecule has 0 spiro atoms. The van der Waals surface area contributed by atoms with Crippen molar-refractivity contribution >= 4 is 23.4 Å². The molecule has 1 fully saturated rings. The van der Waals surface area contributed by atoms with Crippen LogP contribution >= 0.6 is 11.8 Å². The molecule has 0 bridgehead atoms. The Morgan fingerprint density at radius 2 is 2.08 bits per heavy atom. The summed E-state index contributed by atoms with van der Waals surface area (Å²) < 4.78 is 12.5. The van der Waals surface area contributed by atoms with Gasteiger partial charge in [-0.3, -0.25) is 4.79 Å². The number of hydrogen-bond donors (Lipinski definition) is 1. The van der Waals surface area contributed by atoms with Gasteiger partial charge >= 0.3 is 0 Å². The van der Waals surface area contributed by atoms with E-state index in [1.165, 1.54) is 31.0 Å². The number of ether oxygens (including phenoxy) is 2. The summed E-state index contributed by atoms with van der Waals surface area (Å²) in [4.78, 5) is 12.2. The molecule has 26 heavy (non-hydrogen) atoms. The standard InChI is InChI=1S/C17H21N5O3S/c23-16(18-12-6-7-14-15(10-12)25-11-24-14)8-9-26-17-19-20-21-22(17)13-4-2-1-3-5-13/h6-7,10,13H,1-5,8-9,11H2,(H,18,23). The van der Waals surface area contributed by atoms with E-state index in [1.54, 1.807) is 12.1 Å². The highest BCUT2D eigenvalue weighted by Crippen LogP contribution is 2.34. The van der Waals surface area contributed by atoms with Crippen molar-refractivity contribution < 1.29 is 14.3 Å². The first kappa shape index (κ1) is 17.1. The molecule has 2 aromatic rings. The molecule has 2 aliphatic rings. The number of nitrogens with one attached hydrogen (secondary N) is 1. The summed E-state index contributed by atoms with van der Waals surface area (Å²) in [7, 11) is 0. The molecule has 4 rings (SSSR count). The number of carbonyl (C=O) groups excluding carboxylic acids is 1. The average Bonchev–Trinajstić information content (AvgIpc) is 3.31. The second-order valence-electron chi connectivity index (χ2n) is 6.41. The molecule has 8 nitrogen and oxygen atoms in total. The first-order valence-corrected chi connectivity index (χ1v) is 9.88. The summed E-state index contributed by atoms with van der Waals surface area (Å²) in [6, 6.07) is 5.77. The van der Waals surface area contributed by atoms with Gasteiger partial charge < -0.3 is 14.8 Å². The van der Waals surface area contributed by atoms with Crippen LogP contribution in [0.25, 0.3) is 0 Å². The third-order valence-electron chi connectivity index (χ3n) is 4.60. The lowest BCUT2D eigenvalue weighted by molar-refractivity contribution is -0.115. The average molecular weight is 375 g/mol. The van der Waals surface area contributed by atoms with Crippen molar-refractivity contribution in [3.63, 3.8) is 0 Å². The first-order valence-electron chi connectivity index (χ1n) is 8.90. The predicted molar refractivity (Wildman–Crippen MR) is 96.5 cm³/mol. The van der Waals surface area contributed by atoms with Gasteiger partial charge in [-0.05, 0) is 35.4 Å². The van der Waals surface area contributed by atoms with Crippen molar-refractivity contribution in [2.24, 2.45) is 0 Å². The van der Waals surface area contributed by atoms with Gasteiger partial charge in [0, 0.05) is 23.9 Å². The van der Waals surface area contributed by atoms with Crippen molar-refractivity contribution in [3.05, 3.63) is 18.2 Å². The van der Waals surface area contributed by atoms with Gasteiger partial charge in [-0.2, -0.15) is 0 Å². The summed E-state index contributed by atoms with van der Waals surface area (Å²) in [6.07, 6.45) is 6.39. The SMILES string of the molecule is O=C(CCSc1nnnn1C1CCCCC1)Nc1ccc2c(c1)OCO2. The Balaban J connectivity index is 1.27. The van der Waals surface area contributed by atoms with Crippen LogP contribution in [0.5, 0.6) is 11.5 Å². The number of aromatic nitrogens is 4. The van der Waals surface area contributed by atoms with E-state index in [1.807, 2.05) is 10.7 Å². The Bertz CT molecular complexity index is 776. The highest BCUT2D eigenvalue weighted by Gasteiger charge is 2.20. The number of thioether (sulfide) groups is 1. The molecule has 138 valence electrons. The highest BCUT2D eigenvalue weighted by molar-refractivity contribution is 7.99. The van der Waals surface area contributed by atoms with Gasteiger partial charge in [0.2, 0.25) is 17.9 Å². The normalized spacial score (nSPS) is 16.6. The number of amides is 1. The summed E-state index contributed by atoms with van der Waals surface area (Å²) in [6.45, 7) is 0.221. The monoisotopic (exact) mass is 375 g/mol. The molecule has 1 aromatic carbocycles. The zero-order chi connectivity index (χ0) is 17.8. The van der Waals surface area contributed by atoms with Gasteiger partial charge in [0.25, 0.3) is 0 Å². The largest absolute Gasteiger partial charge is 0.454 e. The molecule has 9 heteroatoms. The number of nitrogens with zero attached hydrogens (tertiary/aromatic N) is 4. The van der Waals surface area contributed by atoms with Crippen molar-refractivity contribution in [1.82, 2.24) is 20.2 Å². The molecule has 0 saturated heterocycles. The molecule has 1 aliphatic carbocycles. The quantitative estimate of drug-likeness (QED) is 0.776. The molecule has 0 radical (unpaired) electrons. The minimum absolute atomic E-state index is 0.0481. The van der Waals surface area contributed by atoms with Crippen LogP contribution in [-0.4, -0.2) is 38.7 Å². The van der Waals surface area contributed by atoms with Crippen LogP contribution in [0.15, 0.2) is 23.4 Å². The fraction of sp³-hybridized carbons (Fsp3) is 0.529. The van der Waals surface area contributed by atoms with Crippen LogP contribution in [0.3, 0.4) is 0 Å². The van der Waals surface area contributed by atoms with E-state index in [0.29, 0.717) is 35.4 Å². The maximum Gasteiger partial charge on any atom is 0.231 e. The second kappa shape index (κ2) is 7.94. The maximum atomic E-state index is 12.2. The number of fused-ring (bicyclic) bond motifs is 1. The number of anilines is 1. The van der Waals surface area contributed by atoms with Crippen molar-refractivity contribution in [3.8, 4) is 11.5 Å². The summed E-state index contributed by atoms with van der Waals surface area (Å²) in [5.41, 5.74) is 0.705. The third-order valence-corrected chi connectivity index (χ3v) is 5.53. The van der Waals surface area contributed by atoms with Crippen LogP contribution in [0.2, 0.25) is 0 Å². The molecular weight excluding hydrogens is 354 g/mol. The molecule has 1 saturated carbocycles. The minimum atomic E-state index is -0.0481. The van der Waals surface area contributed by atoms with E-state index < -0.39 is 0 Å². The second-order valence-corrected chi connectivity index (χ2v) is 7.47. The van der Waals surface area contributed by atoms with Crippen LogP contribution in [0.4, 0.5) is 5.69 Å². The Morgan fingerprint density at radius 1 is 1.23 bits per heavy atom. The predicted octanol–water partition coefficient (Wildman–Crippen LogP) is 3.03. The molecule has 1 aromatic heterocycles. The van der Waals surface area contributed by atoms with Crippen LogP contribution in [0, 0.1) is 0 Å². The number of hydrogen-bond acceptors (Lipinski definition) is 7. The lowest BCUT2D eigenvalue weighted by atomic mass is 9.96. The lowest BCUT2D eigenvalue weighted by Gasteiger charge is -2.21. The van der Waals surface area contributed by atoms with E-state index in [-0.39, 0.29) is 12.7 Å². The van der Waals surface area contributed by atoms with Crippen molar-refractivity contribution in [2.75, 3.05) is 17.9 Å². The third kappa shape index (κ3) is 3.92. The van der Waals surface area contributed by atoms with Crippen LogP contribution in [-0.2, 0) is 4.79 Å². The number of benzene rings is 1. The maximum absolute atomic E-state index is 12.2. The lowest BCUT2D eigenvalue weighted by Crippen LogP contribution is -2.16. The molecule has 1 amide bonds. The van der Waals surface area contributed by atoms with Gasteiger partial charge in [0.15, 0.2) is 11.5 Å². The number of rotatable bonds is 6. The van der Waals surface area contributed by atoms with E-state index in [4.69, 9.17) is 9.47 Å². The van der Waals surface area contributed by atoms with Crippen LogP contribution in [0.1, 0.15) is 44.6 Å². The Hall–Kier alpha value is -2.29. The fourth-order valence-corrected chi connectivity index (χ4v) is 4.15. The molecule has 1 aliphatic heterocycles. The number of tetrazole rings is 1. The Labute approximate surface area is 155 Å². The molecule has 0 unspecified atom stereocenters. The first-order chi connectivity index (χ1) is 12.8.